The summed E-state index contributed by atoms with van der Waals surface area (Å²) in [5, 5.41) is 8.35. The molecule has 44 heavy (non-hydrogen) atoms. The van der Waals surface area contributed by atoms with E-state index in [1.54, 1.807) is 0 Å². The Morgan fingerprint density at radius 2 is 1.00 bits per heavy atom. The summed E-state index contributed by atoms with van der Waals surface area (Å²) in [6, 6.07) is 54.2. The van der Waals surface area contributed by atoms with E-state index in [0.29, 0.717) is 0 Å². The predicted octanol–water partition coefficient (Wildman–Crippen LogP) is 10.9. The van der Waals surface area contributed by atoms with Crippen molar-refractivity contribution in [3.63, 3.8) is 0 Å². The summed E-state index contributed by atoms with van der Waals surface area (Å²) < 4.78 is 7.06. The van der Waals surface area contributed by atoms with E-state index >= 15 is 0 Å². The molecule has 0 aliphatic heterocycles. The van der Waals surface area contributed by atoms with E-state index in [9.17, 15) is 0 Å². The van der Waals surface area contributed by atoms with Crippen LogP contribution in [0.3, 0.4) is 0 Å². The van der Waals surface area contributed by atoms with Crippen LogP contribution < -0.4 is 0 Å². The van der Waals surface area contributed by atoms with Crippen molar-refractivity contribution in [3.8, 4) is 38.8 Å². The Hall–Kier alpha value is -5.58. The van der Waals surface area contributed by atoms with Crippen LogP contribution in [0.4, 0.5) is 0 Å². The third-order valence-electron chi connectivity index (χ3n) is 8.56. The van der Waals surface area contributed by atoms with E-state index in [4.69, 9.17) is 9.36 Å². The minimum Gasteiger partial charge on any atom is -0.309 e. The van der Waals surface area contributed by atoms with Crippen LogP contribution in [-0.2, 0) is 0 Å². The van der Waals surface area contributed by atoms with Gasteiger partial charge in [0, 0.05) is 27.6 Å². The first-order valence-electron chi connectivity index (χ1n) is 14.7. The van der Waals surface area contributed by atoms with Crippen molar-refractivity contribution in [1.29, 1.82) is 0 Å². The summed E-state index contributed by atoms with van der Waals surface area (Å²) >= 11 is 1.44. The molecule has 3 nitrogen and oxygen atoms in total. The van der Waals surface area contributed by atoms with Gasteiger partial charge in [0.15, 0.2) is 5.82 Å². The maximum atomic E-state index is 4.91. The Morgan fingerprint density at radius 3 is 1.77 bits per heavy atom. The fourth-order valence-corrected chi connectivity index (χ4v) is 7.03. The van der Waals surface area contributed by atoms with Crippen molar-refractivity contribution in [2.45, 2.75) is 0 Å². The summed E-state index contributed by atoms with van der Waals surface area (Å²) in [5.41, 5.74) is 8.07. The first-order chi connectivity index (χ1) is 21.8. The van der Waals surface area contributed by atoms with Crippen molar-refractivity contribution in [1.82, 2.24) is 13.9 Å². The fourth-order valence-electron chi connectivity index (χ4n) is 6.34. The molecule has 0 aliphatic carbocycles. The van der Waals surface area contributed by atoms with Gasteiger partial charge in [-0.1, -0.05) is 97.1 Å². The molecule has 0 spiro atoms. The maximum absolute atomic E-state index is 4.91. The van der Waals surface area contributed by atoms with Gasteiger partial charge in [0.1, 0.15) is 5.01 Å². The molecule has 0 aliphatic rings. The molecule has 0 fully saturated rings. The zero-order valence-electron chi connectivity index (χ0n) is 23.7. The average molecular weight is 580 g/mol. The molecule has 0 bridgehead atoms. The molecule has 0 amide bonds. The Labute approximate surface area is 258 Å². The Morgan fingerprint density at radius 1 is 0.432 bits per heavy atom. The summed E-state index contributed by atoms with van der Waals surface area (Å²) in [4.78, 5) is 4.91. The second-order valence-corrected chi connectivity index (χ2v) is 11.9. The lowest BCUT2D eigenvalue weighted by Gasteiger charge is -2.09. The zero-order chi connectivity index (χ0) is 29.0. The smallest absolute Gasteiger partial charge is 0.173 e. The molecule has 0 saturated carbocycles. The van der Waals surface area contributed by atoms with Gasteiger partial charge in [-0.25, -0.2) is 4.98 Å². The quantitative estimate of drug-likeness (QED) is 0.208. The SMILES string of the molecule is c1ccc2cc(-c3ccc4c(c3)c3ccccc3n4-c3ccc(-c4nc(-c5ccc6ccccc6c5)ns4)cc3)ccc2c1. The van der Waals surface area contributed by atoms with Gasteiger partial charge in [0.25, 0.3) is 0 Å². The number of para-hydroxylation sites is 1. The lowest BCUT2D eigenvalue weighted by Crippen LogP contribution is -1.93. The largest absolute Gasteiger partial charge is 0.309 e. The number of rotatable bonds is 4. The van der Waals surface area contributed by atoms with Crippen molar-refractivity contribution in [2.24, 2.45) is 0 Å². The molecule has 0 unspecified atom stereocenters. The first-order valence-corrected chi connectivity index (χ1v) is 15.5. The molecule has 0 radical (unpaired) electrons. The Balaban J connectivity index is 1.09. The van der Waals surface area contributed by atoms with Gasteiger partial charge in [-0.3, -0.25) is 0 Å². The fraction of sp³-hybridized carbons (Fsp3) is 0. The van der Waals surface area contributed by atoms with Crippen LogP contribution in [0.25, 0.3) is 82.1 Å². The van der Waals surface area contributed by atoms with E-state index in [-0.39, 0.29) is 0 Å². The van der Waals surface area contributed by atoms with Gasteiger partial charge in [0.05, 0.1) is 11.0 Å². The summed E-state index contributed by atoms with van der Waals surface area (Å²) in [6.07, 6.45) is 0. The molecule has 0 saturated heterocycles. The van der Waals surface area contributed by atoms with Crippen LogP contribution in [0.2, 0.25) is 0 Å². The van der Waals surface area contributed by atoms with Crippen LogP contribution in [0.15, 0.2) is 152 Å². The van der Waals surface area contributed by atoms with Gasteiger partial charge in [-0.2, -0.15) is 4.37 Å². The second kappa shape index (κ2) is 10.0. The standard InChI is InChI=1S/C40H25N3S/c1-3-9-29-23-31(15-13-26(29)7-1)32-19-22-38-36(25-32)35-11-5-6-12-37(35)43(38)34-20-17-28(18-21-34)40-41-39(42-44-40)33-16-14-27-8-2-4-10-30(27)24-33/h1-25H. The van der Waals surface area contributed by atoms with E-state index in [1.807, 2.05) is 0 Å². The number of hydrogen-bond donors (Lipinski definition) is 0. The highest BCUT2D eigenvalue weighted by Gasteiger charge is 2.15. The van der Waals surface area contributed by atoms with Crippen LogP contribution in [0.1, 0.15) is 0 Å². The summed E-state index contributed by atoms with van der Waals surface area (Å²) in [6.45, 7) is 0. The molecular weight excluding hydrogens is 555 g/mol. The van der Waals surface area contributed by atoms with Gasteiger partial charge in [-0.15, -0.1) is 0 Å². The number of aromatic nitrogens is 3. The molecule has 9 rings (SSSR count). The Bertz CT molecular complexity index is 2500. The molecule has 2 aromatic heterocycles. The molecule has 0 N–H and O–H groups in total. The Kier molecular flexibility index (Phi) is 5.68. The minimum absolute atomic E-state index is 0.768. The maximum Gasteiger partial charge on any atom is 0.173 e. The van der Waals surface area contributed by atoms with Crippen LogP contribution >= 0.6 is 11.5 Å². The molecule has 2 heterocycles. The number of nitrogens with zero attached hydrogens (tertiary/aromatic N) is 3. The highest BCUT2D eigenvalue weighted by Crippen LogP contribution is 2.36. The minimum atomic E-state index is 0.768. The molecule has 206 valence electrons. The molecular formula is C40H25N3S. The van der Waals surface area contributed by atoms with Crippen LogP contribution in [-0.4, -0.2) is 13.9 Å². The molecule has 9 aromatic rings. The van der Waals surface area contributed by atoms with Crippen LogP contribution in [0, 0.1) is 0 Å². The predicted molar refractivity (Wildman–Crippen MR) is 186 cm³/mol. The number of benzene rings is 7. The zero-order valence-corrected chi connectivity index (χ0v) is 24.5. The molecule has 4 heteroatoms. The van der Waals surface area contributed by atoms with Gasteiger partial charge < -0.3 is 4.57 Å². The normalized spacial score (nSPS) is 11.6. The van der Waals surface area contributed by atoms with Crippen LogP contribution in [0.5, 0.6) is 0 Å². The second-order valence-electron chi connectivity index (χ2n) is 11.2. The average Bonchev–Trinajstić information content (AvgIpc) is 3.71. The van der Waals surface area contributed by atoms with E-state index in [1.165, 1.54) is 66.0 Å². The van der Waals surface area contributed by atoms with Gasteiger partial charge in [0.2, 0.25) is 0 Å². The lowest BCUT2D eigenvalue weighted by atomic mass is 9.99. The van der Waals surface area contributed by atoms with Crippen molar-refractivity contribution >= 4 is 54.9 Å². The third kappa shape index (κ3) is 4.11. The van der Waals surface area contributed by atoms with E-state index in [0.717, 1.165) is 27.6 Å². The lowest BCUT2D eigenvalue weighted by molar-refractivity contribution is 1.18. The molecule has 7 aromatic carbocycles. The van der Waals surface area contributed by atoms with E-state index < -0.39 is 0 Å². The van der Waals surface area contributed by atoms with Crippen molar-refractivity contribution in [2.75, 3.05) is 0 Å². The van der Waals surface area contributed by atoms with Crippen molar-refractivity contribution in [3.05, 3.63) is 152 Å². The van der Waals surface area contributed by atoms with Gasteiger partial charge in [-0.05, 0) is 98.8 Å². The third-order valence-corrected chi connectivity index (χ3v) is 9.33. The summed E-state index contributed by atoms with van der Waals surface area (Å²) in [5.74, 6) is 0.768. The summed E-state index contributed by atoms with van der Waals surface area (Å²) in [7, 11) is 0. The van der Waals surface area contributed by atoms with Crippen molar-refractivity contribution < 1.29 is 0 Å². The topological polar surface area (TPSA) is 30.7 Å². The van der Waals surface area contributed by atoms with Gasteiger partial charge >= 0.3 is 0 Å². The number of hydrogen-bond acceptors (Lipinski definition) is 3. The number of fused-ring (bicyclic) bond motifs is 5. The van der Waals surface area contributed by atoms with E-state index in [2.05, 4.69) is 156 Å². The monoisotopic (exact) mass is 579 g/mol. The highest BCUT2D eigenvalue weighted by atomic mass is 32.1. The molecule has 0 atom stereocenters. The first kappa shape index (κ1) is 25.0. The highest BCUT2D eigenvalue weighted by molar-refractivity contribution is 7.09.